The summed E-state index contributed by atoms with van der Waals surface area (Å²) < 4.78 is 5.16. The van der Waals surface area contributed by atoms with Crippen molar-refractivity contribution in [1.82, 2.24) is 20.4 Å². The van der Waals surface area contributed by atoms with E-state index in [0.717, 1.165) is 63.1 Å². The Kier molecular flexibility index (Phi) is 7.14. The number of guanidine groups is 1. The summed E-state index contributed by atoms with van der Waals surface area (Å²) in [7, 11) is 0. The van der Waals surface area contributed by atoms with Crippen molar-refractivity contribution in [2.75, 3.05) is 44.2 Å². The number of hydrogen-bond acceptors (Lipinski definition) is 5. The van der Waals surface area contributed by atoms with E-state index in [1.807, 2.05) is 13.0 Å². The lowest BCUT2D eigenvalue weighted by atomic mass is 10.1. The Morgan fingerprint density at radius 1 is 1.25 bits per heavy atom. The molecule has 0 saturated carbocycles. The molecule has 1 aliphatic rings. The Hall–Kier alpha value is -2.28. The third-order valence-electron chi connectivity index (χ3n) is 4.81. The minimum atomic E-state index is 0.680. The van der Waals surface area contributed by atoms with E-state index < -0.39 is 0 Å². The molecular formula is C20H29ClN6O. The van der Waals surface area contributed by atoms with Crippen molar-refractivity contribution in [2.24, 2.45) is 4.99 Å². The second-order valence-corrected chi connectivity index (χ2v) is 7.42. The molecule has 1 fully saturated rings. The third kappa shape index (κ3) is 5.38. The fourth-order valence-electron chi connectivity index (χ4n) is 3.37. The average molecular weight is 405 g/mol. The lowest BCUT2D eigenvalue weighted by molar-refractivity contribution is 0.368. The van der Waals surface area contributed by atoms with E-state index in [0.29, 0.717) is 11.7 Å². The van der Waals surface area contributed by atoms with E-state index >= 15 is 0 Å². The van der Waals surface area contributed by atoms with Gasteiger partial charge in [-0.15, -0.1) is 0 Å². The van der Waals surface area contributed by atoms with Gasteiger partial charge in [0.15, 0.2) is 11.8 Å². The molecule has 2 heterocycles. The zero-order valence-electron chi connectivity index (χ0n) is 16.9. The highest BCUT2D eigenvalue weighted by Gasteiger charge is 2.21. The first-order valence-electron chi connectivity index (χ1n) is 9.90. The Bertz CT molecular complexity index is 798. The highest BCUT2D eigenvalue weighted by molar-refractivity contribution is 6.30. The van der Waals surface area contributed by atoms with Gasteiger partial charge in [-0.3, -0.25) is 4.99 Å². The van der Waals surface area contributed by atoms with Crippen molar-refractivity contribution in [3.8, 4) is 0 Å². The number of nitrogens with one attached hydrogen (secondary N) is 1. The number of halogens is 1. The second kappa shape index (κ2) is 9.78. The van der Waals surface area contributed by atoms with Crippen LogP contribution >= 0.6 is 11.6 Å². The van der Waals surface area contributed by atoms with Gasteiger partial charge >= 0.3 is 0 Å². The first kappa shape index (κ1) is 20.5. The Morgan fingerprint density at radius 2 is 2.04 bits per heavy atom. The zero-order valence-corrected chi connectivity index (χ0v) is 17.7. The highest BCUT2D eigenvalue weighted by Crippen LogP contribution is 2.25. The van der Waals surface area contributed by atoms with Crippen molar-refractivity contribution < 1.29 is 4.52 Å². The van der Waals surface area contributed by atoms with Gasteiger partial charge in [0.25, 0.3) is 0 Å². The van der Waals surface area contributed by atoms with E-state index in [1.165, 1.54) is 11.3 Å². The number of anilines is 1. The van der Waals surface area contributed by atoms with Gasteiger partial charge in [-0.25, -0.2) is 0 Å². The molecule has 28 heavy (non-hydrogen) atoms. The van der Waals surface area contributed by atoms with Crippen LogP contribution in [0.4, 0.5) is 5.69 Å². The maximum Gasteiger partial charge on any atom is 0.226 e. The SMILES string of the molecule is CCNC(=NCCCc1nc(C)no1)N1CCN(c2cc(Cl)ccc2C)CC1. The molecule has 1 N–H and O–H groups in total. The number of aromatic nitrogens is 2. The van der Waals surface area contributed by atoms with Crippen molar-refractivity contribution >= 4 is 23.2 Å². The molecule has 7 nitrogen and oxygen atoms in total. The van der Waals surface area contributed by atoms with Gasteiger partial charge in [-0.1, -0.05) is 22.8 Å². The molecule has 1 aliphatic heterocycles. The van der Waals surface area contributed by atoms with Gasteiger partial charge in [0.05, 0.1) is 0 Å². The van der Waals surface area contributed by atoms with Crippen LogP contribution in [0.1, 0.15) is 30.6 Å². The first-order chi connectivity index (χ1) is 13.6. The van der Waals surface area contributed by atoms with Crippen LogP contribution in [-0.4, -0.2) is 60.3 Å². The van der Waals surface area contributed by atoms with E-state index in [1.54, 1.807) is 0 Å². The van der Waals surface area contributed by atoms with Crippen molar-refractivity contribution in [1.29, 1.82) is 0 Å². The van der Waals surface area contributed by atoms with E-state index in [4.69, 9.17) is 21.1 Å². The Balaban J connectivity index is 1.54. The van der Waals surface area contributed by atoms with Crippen molar-refractivity contribution in [3.63, 3.8) is 0 Å². The largest absolute Gasteiger partial charge is 0.368 e. The molecule has 8 heteroatoms. The Labute approximate surface area is 171 Å². The molecule has 0 amide bonds. The van der Waals surface area contributed by atoms with Crippen LogP contribution < -0.4 is 10.2 Å². The van der Waals surface area contributed by atoms with E-state index in [-0.39, 0.29) is 0 Å². The molecule has 3 rings (SSSR count). The minimum Gasteiger partial charge on any atom is -0.368 e. The summed E-state index contributed by atoms with van der Waals surface area (Å²) in [6.45, 7) is 11.4. The fourth-order valence-corrected chi connectivity index (χ4v) is 3.53. The topological polar surface area (TPSA) is 69.8 Å². The number of benzene rings is 1. The smallest absolute Gasteiger partial charge is 0.226 e. The lowest BCUT2D eigenvalue weighted by Crippen LogP contribution is -2.52. The monoisotopic (exact) mass is 404 g/mol. The quantitative estimate of drug-likeness (QED) is 0.453. The predicted molar refractivity (Wildman–Crippen MR) is 113 cm³/mol. The normalized spacial score (nSPS) is 15.2. The maximum absolute atomic E-state index is 6.19. The second-order valence-electron chi connectivity index (χ2n) is 6.98. The molecule has 152 valence electrons. The molecule has 1 aromatic heterocycles. The molecule has 0 atom stereocenters. The van der Waals surface area contributed by atoms with Crippen LogP contribution in [0.25, 0.3) is 0 Å². The summed E-state index contributed by atoms with van der Waals surface area (Å²) in [5.74, 6) is 2.34. The van der Waals surface area contributed by atoms with Crippen molar-refractivity contribution in [2.45, 2.75) is 33.6 Å². The molecule has 0 unspecified atom stereocenters. The first-order valence-corrected chi connectivity index (χ1v) is 10.3. The molecule has 1 aromatic carbocycles. The average Bonchev–Trinajstić information content (AvgIpc) is 3.11. The van der Waals surface area contributed by atoms with Crippen LogP contribution in [0.3, 0.4) is 0 Å². The summed E-state index contributed by atoms with van der Waals surface area (Å²) in [5.41, 5.74) is 2.48. The van der Waals surface area contributed by atoms with Gasteiger partial charge in [-0.05, 0) is 44.9 Å². The molecule has 1 saturated heterocycles. The number of hydrogen-bond donors (Lipinski definition) is 1. The number of nitrogens with zero attached hydrogens (tertiary/aromatic N) is 5. The van der Waals surface area contributed by atoms with Crippen LogP contribution in [-0.2, 0) is 6.42 Å². The van der Waals surface area contributed by atoms with Gasteiger partial charge in [0.2, 0.25) is 5.89 Å². The van der Waals surface area contributed by atoms with Gasteiger partial charge in [-0.2, -0.15) is 4.98 Å². The summed E-state index contributed by atoms with van der Waals surface area (Å²) in [5, 5.41) is 8.02. The van der Waals surface area contributed by atoms with Crippen LogP contribution in [0.5, 0.6) is 0 Å². The molecule has 0 bridgehead atoms. The van der Waals surface area contributed by atoms with E-state index in [9.17, 15) is 0 Å². The van der Waals surface area contributed by atoms with Crippen molar-refractivity contribution in [3.05, 3.63) is 40.5 Å². The van der Waals surface area contributed by atoms with Gasteiger partial charge < -0.3 is 19.6 Å². The summed E-state index contributed by atoms with van der Waals surface area (Å²) in [6, 6.07) is 6.09. The highest BCUT2D eigenvalue weighted by atomic mass is 35.5. The number of rotatable bonds is 6. The number of aryl methyl sites for hydroxylation is 3. The summed E-state index contributed by atoms with van der Waals surface area (Å²) >= 11 is 6.19. The number of aliphatic imine (C=N–C) groups is 1. The molecule has 0 aliphatic carbocycles. The molecule has 2 aromatic rings. The van der Waals surface area contributed by atoms with Gasteiger partial charge in [0.1, 0.15) is 0 Å². The predicted octanol–water partition coefficient (Wildman–Crippen LogP) is 3.06. The molecule has 0 radical (unpaired) electrons. The standard InChI is InChI=1S/C20H29ClN6O/c1-4-22-20(23-9-5-6-19-24-16(3)25-28-19)27-12-10-26(11-13-27)18-14-17(21)8-7-15(18)2/h7-8,14H,4-6,9-13H2,1-3H3,(H,22,23). The molecular weight excluding hydrogens is 376 g/mol. The Morgan fingerprint density at radius 3 is 2.71 bits per heavy atom. The van der Waals surface area contributed by atoms with Crippen LogP contribution in [0.2, 0.25) is 5.02 Å². The maximum atomic E-state index is 6.19. The lowest BCUT2D eigenvalue weighted by Gasteiger charge is -2.38. The minimum absolute atomic E-state index is 0.680. The number of piperazine rings is 1. The van der Waals surface area contributed by atoms with Gasteiger partial charge in [0, 0.05) is 56.4 Å². The third-order valence-corrected chi connectivity index (χ3v) is 5.04. The molecule has 0 spiro atoms. The van der Waals surface area contributed by atoms with Crippen LogP contribution in [0, 0.1) is 13.8 Å². The van der Waals surface area contributed by atoms with Crippen LogP contribution in [0.15, 0.2) is 27.7 Å². The fraction of sp³-hybridized carbons (Fsp3) is 0.550. The van der Waals surface area contributed by atoms with E-state index in [2.05, 4.69) is 51.2 Å². The zero-order chi connectivity index (χ0) is 19.9. The summed E-state index contributed by atoms with van der Waals surface area (Å²) in [4.78, 5) is 13.8. The summed E-state index contributed by atoms with van der Waals surface area (Å²) in [6.07, 6.45) is 1.64.